The van der Waals surface area contributed by atoms with Crippen LogP contribution < -0.4 is 5.32 Å². The first kappa shape index (κ1) is 16.8. The maximum atomic E-state index is 13.2. The molecule has 4 nitrogen and oxygen atoms in total. The van der Waals surface area contributed by atoms with Gasteiger partial charge < -0.3 is 10.4 Å². The van der Waals surface area contributed by atoms with E-state index in [9.17, 15) is 9.90 Å². The number of carbonyl (C=O) groups is 1. The molecule has 2 aromatic carbocycles. The summed E-state index contributed by atoms with van der Waals surface area (Å²) in [6, 6.07) is 15.6. The van der Waals surface area contributed by atoms with Gasteiger partial charge in [-0.1, -0.05) is 36.4 Å². The van der Waals surface area contributed by atoms with Gasteiger partial charge in [-0.2, -0.15) is 0 Å². The highest BCUT2D eigenvalue weighted by atomic mass is 32.1. The van der Waals surface area contributed by atoms with Crippen LogP contribution in [-0.2, 0) is 17.6 Å². The van der Waals surface area contributed by atoms with E-state index >= 15 is 0 Å². The van der Waals surface area contributed by atoms with Gasteiger partial charge in [-0.05, 0) is 48.6 Å². The van der Waals surface area contributed by atoms with Crippen LogP contribution in [0.2, 0.25) is 0 Å². The molecule has 0 aliphatic heterocycles. The topological polar surface area (TPSA) is 62.2 Å². The van der Waals surface area contributed by atoms with Gasteiger partial charge in [0, 0.05) is 17.5 Å². The van der Waals surface area contributed by atoms with Crippen LogP contribution in [0.5, 0.6) is 5.75 Å². The molecular formula is C21H20N2O2S. The van der Waals surface area contributed by atoms with Gasteiger partial charge in [0.2, 0.25) is 5.91 Å². The average Bonchev–Trinajstić information content (AvgIpc) is 3.24. The number of benzene rings is 2. The van der Waals surface area contributed by atoms with Crippen molar-refractivity contribution in [3.05, 3.63) is 76.8 Å². The molecule has 2 atom stereocenters. The van der Waals surface area contributed by atoms with E-state index < -0.39 is 5.41 Å². The number of aromatic hydroxyl groups is 1. The number of aromatic nitrogens is 1. The molecule has 5 heteroatoms. The summed E-state index contributed by atoms with van der Waals surface area (Å²) in [5.74, 6) is 0.211. The van der Waals surface area contributed by atoms with Crippen LogP contribution in [0.1, 0.15) is 29.5 Å². The number of thiazole rings is 1. The molecule has 1 amide bonds. The molecule has 1 aliphatic carbocycles. The summed E-state index contributed by atoms with van der Waals surface area (Å²) in [5, 5.41) is 15.4. The third-order valence-electron chi connectivity index (χ3n) is 5.29. The van der Waals surface area contributed by atoms with Gasteiger partial charge >= 0.3 is 0 Å². The molecule has 2 N–H and O–H groups in total. The molecule has 0 saturated heterocycles. The summed E-state index contributed by atoms with van der Waals surface area (Å²) in [6.45, 7) is 2.01. The predicted molar refractivity (Wildman–Crippen MR) is 104 cm³/mol. The van der Waals surface area contributed by atoms with Gasteiger partial charge in [0.15, 0.2) is 5.13 Å². The highest BCUT2D eigenvalue weighted by Gasteiger charge is 2.48. The van der Waals surface area contributed by atoms with Crippen molar-refractivity contribution in [2.24, 2.45) is 5.41 Å². The minimum atomic E-state index is -0.600. The number of phenolic OH excluding ortho intramolecular Hbond substituents is 1. The number of nitrogens with one attached hydrogen (secondary N) is 1. The van der Waals surface area contributed by atoms with Crippen molar-refractivity contribution in [1.82, 2.24) is 4.98 Å². The maximum Gasteiger partial charge on any atom is 0.233 e. The predicted octanol–water partition coefficient (Wildman–Crippen LogP) is 4.38. The summed E-state index contributed by atoms with van der Waals surface area (Å²) < 4.78 is 0. The maximum absolute atomic E-state index is 13.2. The number of amides is 1. The number of hydrogen-bond acceptors (Lipinski definition) is 4. The molecule has 0 spiro atoms. The van der Waals surface area contributed by atoms with Gasteiger partial charge in [0.1, 0.15) is 5.75 Å². The van der Waals surface area contributed by atoms with Crippen molar-refractivity contribution in [3.8, 4) is 5.75 Å². The summed E-state index contributed by atoms with van der Waals surface area (Å²) in [6.07, 6.45) is 3.09. The number of anilines is 1. The van der Waals surface area contributed by atoms with E-state index in [0.29, 0.717) is 11.6 Å². The number of carbonyl (C=O) groups excluding carboxylic acids is 1. The number of nitrogens with zero attached hydrogens (tertiary/aromatic N) is 1. The Morgan fingerprint density at radius 3 is 2.85 bits per heavy atom. The first-order chi connectivity index (χ1) is 12.6. The number of fused-ring (bicyclic) bond motifs is 1. The molecule has 4 rings (SSSR count). The second-order valence-electron chi connectivity index (χ2n) is 7.01. The first-order valence-electron chi connectivity index (χ1n) is 8.63. The number of rotatable bonds is 4. The van der Waals surface area contributed by atoms with Crippen molar-refractivity contribution in [1.29, 1.82) is 0 Å². The summed E-state index contributed by atoms with van der Waals surface area (Å²) in [4.78, 5) is 17.4. The molecule has 0 fully saturated rings. The van der Waals surface area contributed by atoms with E-state index in [0.717, 1.165) is 17.5 Å². The zero-order valence-electron chi connectivity index (χ0n) is 14.5. The average molecular weight is 364 g/mol. The summed E-state index contributed by atoms with van der Waals surface area (Å²) in [7, 11) is 0. The highest BCUT2D eigenvalue weighted by molar-refractivity contribution is 7.13. The highest BCUT2D eigenvalue weighted by Crippen LogP contribution is 2.50. The van der Waals surface area contributed by atoms with Gasteiger partial charge in [-0.3, -0.25) is 4.79 Å². The lowest BCUT2D eigenvalue weighted by Gasteiger charge is -2.30. The van der Waals surface area contributed by atoms with Crippen molar-refractivity contribution < 1.29 is 9.90 Å². The molecule has 26 heavy (non-hydrogen) atoms. The number of hydrogen-bond donors (Lipinski definition) is 2. The van der Waals surface area contributed by atoms with Crippen molar-refractivity contribution in [3.63, 3.8) is 0 Å². The lowest BCUT2D eigenvalue weighted by molar-refractivity contribution is -0.125. The Labute approximate surface area is 156 Å². The molecular weight excluding hydrogens is 344 g/mol. The second-order valence-corrected chi connectivity index (χ2v) is 7.91. The van der Waals surface area contributed by atoms with Gasteiger partial charge in [-0.15, -0.1) is 11.3 Å². The Kier molecular flexibility index (Phi) is 4.24. The lowest BCUT2D eigenvalue weighted by Crippen LogP contribution is -2.38. The Balaban J connectivity index is 1.71. The van der Waals surface area contributed by atoms with Crippen LogP contribution in [0, 0.1) is 5.41 Å². The zero-order chi connectivity index (χ0) is 18.1. The van der Waals surface area contributed by atoms with Crippen molar-refractivity contribution in [2.45, 2.75) is 25.7 Å². The van der Waals surface area contributed by atoms with E-state index in [1.807, 2.05) is 42.6 Å². The Morgan fingerprint density at radius 1 is 1.31 bits per heavy atom. The molecule has 0 bridgehead atoms. The molecule has 1 aromatic heterocycles. The lowest BCUT2D eigenvalue weighted by atomic mass is 9.74. The van der Waals surface area contributed by atoms with Gasteiger partial charge in [0.05, 0.1) is 5.41 Å². The molecule has 132 valence electrons. The monoisotopic (exact) mass is 364 g/mol. The van der Waals surface area contributed by atoms with E-state index in [4.69, 9.17) is 0 Å². The van der Waals surface area contributed by atoms with Gasteiger partial charge in [-0.25, -0.2) is 4.98 Å². The minimum absolute atomic E-state index is 0.00744. The van der Waals surface area contributed by atoms with Crippen LogP contribution in [0.3, 0.4) is 0 Å². The standard InChI is InChI=1S/C21H20N2O2S/c1-21(19(25)23-20-22-9-10-26-20)13-15-7-8-16(24)12-17(15)18(21)11-14-5-3-2-4-6-14/h2-10,12,18,24H,11,13H2,1H3,(H,22,23,25)/t18-,21+/m1/s1. The van der Waals surface area contributed by atoms with Crippen LogP contribution in [0.4, 0.5) is 5.13 Å². The summed E-state index contributed by atoms with van der Waals surface area (Å²) in [5.41, 5.74) is 2.77. The second kappa shape index (κ2) is 6.57. The largest absolute Gasteiger partial charge is 0.508 e. The molecule has 0 unspecified atom stereocenters. The van der Waals surface area contributed by atoms with Crippen LogP contribution in [0.25, 0.3) is 0 Å². The SMILES string of the molecule is C[C@]1(C(=O)Nc2nccs2)Cc2ccc(O)cc2[C@H]1Cc1ccccc1. The quantitative estimate of drug-likeness (QED) is 0.722. The molecule has 1 aliphatic rings. The zero-order valence-corrected chi connectivity index (χ0v) is 15.3. The van der Waals surface area contributed by atoms with Crippen molar-refractivity contribution >= 4 is 22.4 Å². The number of phenols is 1. The van der Waals surface area contributed by atoms with Crippen LogP contribution in [-0.4, -0.2) is 16.0 Å². The normalized spacial score (nSPS) is 21.3. The Hall–Kier alpha value is -2.66. The molecule has 3 aromatic rings. The fourth-order valence-corrected chi connectivity index (χ4v) is 4.40. The fraction of sp³-hybridized carbons (Fsp3) is 0.238. The van der Waals surface area contributed by atoms with E-state index in [1.54, 1.807) is 12.3 Å². The molecule has 0 saturated carbocycles. The third kappa shape index (κ3) is 2.99. The van der Waals surface area contributed by atoms with Gasteiger partial charge in [0.25, 0.3) is 0 Å². The smallest absolute Gasteiger partial charge is 0.233 e. The third-order valence-corrected chi connectivity index (χ3v) is 5.97. The Morgan fingerprint density at radius 2 is 2.12 bits per heavy atom. The van der Waals surface area contributed by atoms with Crippen molar-refractivity contribution in [2.75, 3.05) is 5.32 Å². The van der Waals surface area contributed by atoms with E-state index in [-0.39, 0.29) is 17.6 Å². The Bertz CT molecular complexity index is 924. The van der Waals surface area contributed by atoms with E-state index in [1.165, 1.54) is 16.9 Å². The van der Waals surface area contributed by atoms with E-state index in [2.05, 4.69) is 22.4 Å². The van der Waals surface area contributed by atoms with Crippen LogP contribution in [0.15, 0.2) is 60.1 Å². The fourth-order valence-electron chi connectivity index (χ4n) is 3.88. The van der Waals surface area contributed by atoms with Crippen LogP contribution >= 0.6 is 11.3 Å². The molecule has 1 heterocycles. The molecule has 0 radical (unpaired) electrons. The summed E-state index contributed by atoms with van der Waals surface area (Å²) >= 11 is 1.42. The minimum Gasteiger partial charge on any atom is -0.508 e. The first-order valence-corrected chi connectivity index (χ1v) is 9.51.